The first-order valence-electron chi connectivity index (χ1n) is 10.5. The van der Waals surface area contributed by atoms with Gasteiger partial charge < -0.3 is 4.84 Å². The molecular formula is C21H40N2O. The van der Waals surface area contributed by atoms with E-state index < -0.39 is 0 Å². The summed E-state index contributed by atoms with van der Waals surface area (Å²) in [6.07, 6.45) is 20.6. The van der Waals surface area contributed by atoms with Gasteiger partial charge in [0.25, 0.3) is 0 Å². The maximum absolute atomic E-state index is 5.12. The number of nitrogens with zero attached hydrogens (tertiary/aromatic N) is 1. The number of unbranched alkanes of at least 4 members (excludes halogenated alkanes) is 12. The number of hydrogen-bond acceptors (Lipinski definition) is 3. The number of amidine groups is 1. The summed E-state index contributed by atoms with van der Waals surface area (Å²) in [7, 11) is 0. The molecule has 0 saturated heterocycles. The van der Waals surface area contributed by atoms with E-state index in [2.05, 4.69) is 30.9 Å². The molecule has 0 saturated carbocycles. The number of hydrogen-bond donors (Lipinski definition) is 1. The molecule has 140 valence electrons. The Bertz CT molecular complexity index is 352. The van der Waals surface area contributed by atoms with Gasteiger partial charge in [-0.15, -0.1) is 0 Å². The van der Waals surface area contributed by atoms with Crippen molar-refractivity contribution in [1.82, 2.24) is 5.48 Å². The van der Waals surface area contributed by atoms with Gasteiger partial charge in [0.15, 0.2) is 0 Å². The van der Waals surface area contributed by atoms with Crippen molar-refractivity contribution in [3.63, 3.8) is 0 Å². The Kier molecular flexibility index (Phi) is 12.6. The zero-order valence-corrected chi connectivity index (χ0v) is 16.2. The fraction of sp³-hybridized carbons (Fsp3) is 0.857. The molecule has 0 radical (unpaired) electrons. The van der Waals surface area contributed by atoms with Crippen molar-refractivity contribution < 1.29 is 4.84 Å². The lowest BCUT2D eigenvalue weighted by Crippen LogP contribution is -2.25. The molecule has 1 unspecified atom stereocenters. The van der Waals surface area contributed by atoms with Crippen LogP contribution < -0.4 is 5.48 Å². The third-order valence-corrected chi connectivity index (χ3v) is 5.05. The molecule has 1 N–H and O–H groups in total. The molecule has 1 rings (SSSR count). The molecule has 0 aliphatic carbocycles. The molecule has 1 heterocycles. The van der Waals surface area contributed by atoms with E-state index in [-0.39, 0.29) is 0 Å². The fourth-order valence-corrected chi connectivity index (χ4v) is 3.41. The van der Waals surface area contributed by atoms with E-state index in [9.17, 15) is 0 Å². The highest BCUT2D eigenvalue weighted by atomic mass is 16.7. The van der Waals surface area contributed by atoms with Crippen LogP contribution in [-0.2, 0) is 4.84 Å². The number of aliphatic imine (C=N–C) groups is 1. The van der Waals surface area contributed by atoms with Gasteiger partial charge in [-0.3, -0.25) is 0 Å². The van der Waals surface area contributed by atoms with Crippen molar-refractivity contribution in [3.05, 3.63) is 12.5 Å². The zero-order valence-electron chi connectivity index (χ0n) is 16.2. The summed E-state index contributed by atoms with van der Waals surface area (Å²) in [5.41, 5.74) is 2.90. The molecule has 0 aromatic rings. The molecule has 24 heavy (non-hydrogen) atoms. The van der Waals surface area contributed by atoms with E-state index in [0.29, 0.717) is 11.8 Å². The SMILES string of the molecule is C=C1N=C(C(CC)CCCCCCCCCCCCCCC)NO1. The summed E-state index contributed by atoms with van der Waals surface area (Å²) in [6.45, 7) is 8.22. The minimum absolute atomic E-state index is 0.494. The lowest BCUT2D eigenvalue weighted by Gasteiger charge is -2.13. The number of nitrogens with one attached hydrogen (secondary N) is 1. The third-order valence-electron chi connectivity index (χ3n) is 5.05. The predicted octanol–water partition coefficient (Wildman–Crippen LogP) is 6.90. The third kappa shape index (κ3) is 10.00. The average molecular weight is 337 g/mol. The maximum atomic E-state index is 5.12. The van der Waals surface area contributed by atoms with Crippen molar-refractivity contribution in [2.75, 3.05) is 0 Å². The highest BCUT2D eigenvalue weighted by Crippen LogP contribution is 2.19. The maximum Gasteiger partial charge on any atom is 0.240 e. The molecule has 1 aliphatic rings. The van der Waals surface area contributed by atoms with Crippen LogP contribution in [0.15, 0.2) is 17.5 Å². The molecule has 0 spiro atoms. The summed E-state index contributed by atoms with van der Waals surface area (Å²) in [6, 6.07) is 0. The molecule has 0 aromatic heterocycles. The summed E-state index contributed by atoms with van der Waals surface area (Å²) in [4.78, 5) is 9.45. The Hall–Kier alpha value is -0.990. The predicted molar refractivity (Wildman–Crippen MR) is 105 cm³/mol. The van der Waals surface area contributed by atoms with Gasteiger partial charge in [0.1, 0.15) is 5.84 Å². The van der Waals surface area contributed by atoms with Gasteiger partial charge in [-0.2, -0.15) is 4.99 Å². The Balaban J connectivity index is 1.86. The minimum Gasteiger partial charge on any atom is -0.361 e. The van der Waals surface area contributed by atoms with Crippen LogP contribution in [0.2, 0.25) is 0 Å². The van der Waals surface area contributed by atoms with E-state index in [0.717, 1.165) is 12.3 Å². The van der Waals surface area contributed by atoms with Gasteiger partial charge >= 0.3 is 0 Å². The van der Waals surface area contributed by atoms with Gasteiger partial charge in [-0.1, -0.05) is 97.3 Å². The molecule has 1 aliphatic heterocycles. The minimum atomic E-state index is 0.494. The van der Waals surface area contributed by atoms with E-state index in [1.165, 1.54) is 89.9 Å². The van der Waals surface area contributed by atoms with E-state index in [1.807, 2.05) is 0 Å². The number of hydroxylamine groups is 1. The number of rotatable bonds is 16. The molecular weight excluding hydrogens is 296 g/mol. The van der Waals surface area contributed by atoms with Crippen LogP contribution in [0.25, 0.3) is 0 Å². The topological polar surface area (TPSA) is 33.6 Å². The van der Waals surface area contributed by atoms with Crippen LogP contribution >= 0.6 is 0 Å². The fourth-order valence-electron chi connectivity index (χ4n) is 3.41. The highest BCUT2D eigenvalue weighted by Gasteiger charge is 2.19. The summed E-state index contributed by atoms with van der Waals surface area (Å²) in [5, 5.41) is 0. The molecule has 0 amide bonds. The van der Waals surface area contributed by atoms with Crippen molar-refractivity contribution in [1.29, 1.82) is 0 Å². The van der Waals surface area contributed by atoms with Crippen molar-refractivity contribution >= 4 is 5.84 Å². The monoisotopic (exact) mass is 336 g/mol. The highest BCUT2D eigenvalue weighted by molar-refractivity contribution is 5.85. The summed E-state index contributed by atoms with van der Waals surface area (Å²) < 4.78 is 0. The molecule has 0 fully saturated rings. The van der Waals surface area contributed by atoms with Crippen LogP contribution in [0.1, 0.15) is 110 Å². The van der Waals surface area contributed by atoms with E-state index >= 15 is 0 Å². The van der Waals surface area contributed by atoms with Crippen LogP contribution in [0.3, 0.4) is 0 Å². The molecule has 0 aromatic carbocycles. The van der Waals surface area contributed by atoms with Crippen molar-refractivity contribution in [2.45, 2.75) is 110 Å². The largest absolute Gasteiger partial charge is 0.361 e. The second kappa shape index (κ2) is 14.4. The molecule has 0 bridgehead atoms. The quantitative estimate of drug-likeness (QED) is 0.311. The summed E-state index contributed by atoms with van der Waals surface area (Å²) >= 11 is 0. The first-order valence-corrected chi connectivity index (χ1v) is 10.5. The van der Waals surface area contributed by atoms with Crippen LogP contribution in [-0.4, -0.2) is 5.84 Å². The summed E-state index contributed by atoms with van der Waals surface area (Å²) in [5.74, 6) is 1.97. The second-order valence-corrected chi connectivity index (χ2v) is 7.23. The Morgan fingerprint density at radius 2 is 1.33 bits per heavy atom. The second-order valence-electron chi connectivity index (χ2n) is 7.23. The van der Waals surface area contributed by atoms with Gasteiger partial charge in [-0.05, 0) is 19.4 Å². The standard InChI is InChI=1S/C21H40N2O/c1-4-6-7-8-9-10-11-12-13-14-15-16-17-18-20(5-2)21-22-19(3)24-23-21/h20H,3-18H2,1-2H3,(H,22,23). The van der Waals surface area contributed by atoms with Crippen LogP contribution in [0, 0.1) is 5.92 Å². The van der Waals surface area contributed by atoms with Gasteiger partial charge in [0.2, 0.25) is 5.88 Å². The average Bonchev–Trinajstić information content (AvgIpc) is 3.01. The Morgan fingerprint density at radius 1 is 0.833 bits per heavy atom. The smallest absolute Gasteiger partial charge is 0.240 e. The lowest BCUT2D eigenvalue weighted by molar-refractivity contribution is 0.175. The van der Waals surface area contributed by atoms with E-state index in [1.54, 1.807) is 0 Å². The van der Waals surface area contributed by atoms with Crippen molar-refractivity contribution in [2.24, 2.45) is 10.9 Å². The van der Waals surface area contributed by atoms with Gasteiger partial charge in [-0.25, -0.2) is 5.48 Å². The van der Waals surface area contributed by atoms with Crippen molar-refractivity contribution in [3.8, 4) is 0 Å². The first-order chi connectivity index (χ1) is 11.8. The Labute approximate surface area is 150 Å². The first kappa shape index (κ1) is 21.1. The van der Waals surface area contributed by atoms with Crippen LogP contribution in [0.4, 0.5) is 0 Å². The Morgan fingerprint density at radius 3 is 1.75 bits per heavy atom. The van der Waals surface area contributed by atoms with E-state index in [4.69, 9.17) is 4.84 Å². The van der Waals surface area contributed by atoms with Crippen LogP contribution in [0.5, 0.6) is 0 Å². The molecule has 1 atom stereocenters. The zero-order chi connectivity index (χ0) is 17.5. The lowest BCUT2D eigenvalue weighted by atomic mass is 9.96. The van der Waals surface area contributed by atoms with Gasteiger partial charge in [0, 0.05) is 5.92 Å². The normalized spacial score (nSPS) is 15.1. The molecule has 3 nitrogen and oxygen atoms in total. The van der Waals surface area contributed by atoms with Gasteiger partial charge in [0.05, 0.1) is 0 Å². The molecule has 3 heteroatoms.